The summed E-state index contributed by atoms with van der Waals surface area (Å²) in [5.41, 5.74) is 0.821. The zero-order chi connectivity index (χ0) is 10.0. The van der Waals surface area contributed by atoms with Crippen molar-refractivity contribution in [1.82, 2.24) is 0 Å². The molecule has 0 saturated carbocycles. The number of rotatable bonds is 2. The highest BCUT2D eigenvalue weighted by atomic mass is 35.5. The third-order valence-corrected chi connectivity index (χ3v) is 1.84. The van der Waals surface area contributed by atoms with Gasteiger partial charge < -0.3 is 0 Å². The molecular formula is C7H9ClN2O3+2. The summed E-state index contributed by atoms with van der Waals surface area (Å²) >= 11 is 5.58. The summed E-state index contributed by atoms with van der Waals surface area (Å²) in [7, 11) is 1.25. The van der Waals surface area contributed by atoms with Crippen molar-refractivity contribution in [2.75, 3.05) is 7.11 Å². The van der Waals surface area contributed by atoms with Crippen molar-refractivity contribution in [3.05, 3.63) is 27.9 Å². The van der Waals surface area contributed by atoms with E-state index in [-0.39, 0.29) is 10.8 Å². The third kappa shape index (κ3) is 1.86. The van der Waals surface area contributed by atoms with Crippen molar-refractivity contribution >= 4 is 17.3 Å². The lowest BCUT2D eigenvalue weighted by molar-refractivity contribution is -0.903. The van der Waals surface area contributed by atoms with Gasteiger partial charge in [0.05, 0.1) is 10.5 Å². The summed E-state index contributed by atoms with van der Waals surface area (Å²) in [6.45, 7) is 1.66. The zero-order valence-corrected chi connectivity index (χ0v) is 7.95. The maximum Gasteiger partial charge on any atom is 0.333 e. The van der Waals surface area contributed by atoms with Crippen LogP contribution < -0.4 is 4.73 Å². The molecule has 1 aromatic rings. The van der Waals surface area contributed by atoms with Gasteiger partial charge in [0.2, 0.25) is 6.20 Å². The van der Waals surface area contributed by atoms with Crippen molar-refractivity contribution in [2.45, 2.75) is 6.92 Å². The Morgan fingerprint density at radius 3 is 2.85 bits per heavy atom. The maximum atomic E-state index is 11.0. The average Bonchev–Trinajstić information content (AvgIpc) is 2.10. The largest absolute Gasteiger partial charge is 0.333 e. The highest BCUT2D eigenvalue weighted by Crippen LogP contribution is 2.18. The fourth-order valence-corrected chi connectivity index (χ4v) is 1.05. The summed E-state index contributed by atoms with van der Waals surface area (Å²) in [6.07, 6.45) is 1.32. The van der Waals surface area contributed by atoms with E-state index in [9.17, 15) is 4.91 Å². The molecule has 13 heavy (non-hydrogen) atoms. The summed E-state index contributed by atoms with van der Waals surface area (Å²) in [6, 6.07) is 1.31. The maximum absolute atomic E-state index is 11.0. The van der Waals surface area contributed by atoms with Gasteiger partial charge in [0, 0.05) is 4.73 Å². The monoisotopic (exact) mass is 204 g/mol. The number of nitrogens with zero attached hydrogens (tertiary/aromatic N) is 2. The van der Waals surface area contributed by atoms with Gasteiger partial charge >= 0.3 is 10.8 Å². The molecule has 0 aromatic carbocycles. The van der Waals surface area contributed by atoms with E-state index in [1.165, 1.54) is 19.4 Å². The summed E-state index contributed by atoms with van der Waals surface area (Å²) in [4.78, 5) is 15.8. The van der Waals surface area contributed by atoms with Gasteiger partial charge in [0.25, 0.3) is 4.92 Å². The van der Waals surface area contributed by atoms with Gasteiger partial charge in [-0.3, -0.25) is 5.21 Å². The predicted octanol–water partition coefficient (Wildman–Crippen LogP) is 1.15. The van der Waals surface area contributed by atoms with E-state index >= 15 is 0 Å². The minimum Gasteiger partial charge on any atom is -0.284 e. The topological polar surface area (TPSA) is 53.4 Å². The van der Waals surface area contributed by atoms with Crippen LogP contribution in [-0.4, -0.2) is 17.2 Å². The molecule has 0 bridgehead atoms. The normalized spacial score (nSPS) is 9.77. The lowest BCUT2D eigenvalue weighted by Crippen LogP contribution is -2.31. The Bertz CT molecular complexity index is 354. The third-order valence-electron chi connectivity index (χ3n) is 1.56. The van der Waals surface area contributed by atoms with Gasteiger partial charge in [-0.05, 0) is 18.5 Å². The molecule has 0 aliphatic rings. The Balaban J connectivity index is 3.23. The molecule has 1 aromatic heterocycles. The van der Waals surface area contributed by atoms with Crippen LogP contribution in [-0.2, 0) is 4.84 Å². The molecule has 0 aliphatic carbocycles. The standard InChI is InChI=1S/C7H9ClN2O3/c1-5-4-9(11)7(8)3-6(5)10(12)13-2/h3-4,11H,1-2H3/q+2. The molecule has 1 N–H and O–H groups in total. The zero-order valence-electron chi connectivity index (χ0n) is 7.19. The first-order valence-corrected chi connectivity index (χ1v) is 3.86. The molecule has 1 rings (SSSR count). The van der Waals surface area contributed by atoms with E-state index in [0.29, 0.717) is 10.5 Å². The van der Waals surface area contributed by atoms with Crippen LogP contribution in [0, 0.1) is 11.8 Å². The number of aromatic nitrogens is 1. The molecule has 5 nitrogen and oxygen atoms in total. The van der Waals surface area contributed by atoms with Crippen LogP contribution in [0.5, 0.6) is 0 Å². The van der Waals surface area contributed by atoms with Crippen molar-refractivity contribution < 1.29 is 19.7 Å². The molecule has 0 saturated heterocycles. The first kappa shape index (κ1) is 9.73. The molecule has 0 radical (unpaired) electrons. The van der Waals surface area contributed by atoms with Gasteiger partial charge in [-0.2, -0.15) is 0 Å². The predicted molar refractivity (Wildman–Crippen MR) is 43.9 cm³/mol. The first-order valence-electron chi connectivity index (χ1n) is 3.48. The molecule has 0 amide bonds. The van der Waals surface area contributed by atoms with Crippen LogP contribution in [0.4, 0.5) is 5.69 Å². The Morgan fingerprint density at radius 2 is 2.31 bits per heavy atom. The molecule has 0 fully saturated rings. The summed E-state index contributed by atoms with van der Waals surface area (Å²) < 4.78 is 0.726. The van der Waals surface area contributed by atoms with Crippen LogP contribution in [0.2, 0.25) is 5.15 Å². The number of hydrogen-bond donors (Lipinski definition) is 1. The Labute approximate surface area is 79.6 Å². The second kappa shape index (κ2) is 3.57. The molecule has 0 aliphatic heterocycles. The number of hydrogen-bond acceptors (Lipinski definition) is 3. The second-order valence-corrected chi connectivity index (χ2v) is 2.84. The van der Waals surface area contributed by atoms with Gasteiger partial charge in [0.15, 0.2) is 7.11 Å². The van der Waals surface area contributed by atoms with Crippen molar-refractivity contribution in [3.8, 4) is 0 Å². The van der Waals surface area contributed by atoms with Gasteiger partial charge in [-0.25, -0.2) is 4.84 Å². The molecule has 6 heteroatoms. The molecular weight excluding hydrogens is 196 g/mol. The highest BCUT2D eigenvalue weighted by molar-refractivity contribution is 6.28. The summed E-state index contributed by atoms with van der Waals surface area (Å²) in [5, 5.41) is 9.14. The molecule has 1 heterocycles. The van der Waals surface area contributed by atoms with Crippen LogP contribution in [0.25, 0.3) is 0 Å². The quantitative estimate of drug-likeness (QED) is 0.340. The van der Waals surface area contributed by atoms with Gasteiger partial charge in [-0.15, -0.1) is 0 Å². The lowest BCUT2D eigenvalue weighted by atomic mass is 10.3. The van der Waals surface area contributed by atoms with Crippen LogP contribution in [0.1, 0.15) is 5.56 Å². The van der Waals surface area contributed by atoms with E-state index in [0.717, 1.165) is 4.73 Å². The van der Waals surface area contributed by atoms with Crippen molar-refractivity contribution in [3.63, 3.8) is 0 Å². The van der Waals surface area contributed by atoms with E-state index < -0.39 is 0 Å². The van der Waals surface area contributed by atoms with E-state index in [4.69, 9.17) is 16.8 Å². The van der Waals surface area contributed by atoms with E-state index in [1.807, 2.05) is 0 Å². The van der Waals surface area contributed by atoms with Crippen LogP contribution in [0.3, 0.4) is 0 Å². The number of pyridine rings is 1. The van der Waals surface area contributed by atoms with Crippen LogP contribution in [0.15, 0.2) is 12.3 Å². The Kier molecular flexibility index (Phi) is 2.67. The molecule has 70 valence electrons. The molecule has 0 atom stereocenters. The smallest absolute Gasteiger partial charge is 0.284 e. The number of halogens is 1. The summed E-state index contributed by atoms with van der Waals surface area (Å²) in [5.74, 6) is 0. The minimum absolute atomic E-state index is 0.0403. The fraction of sp³-hybridized carbons (Fsp3) is 0.286. The van der Waals surface area contributed by atoms with Crippen molar-refractivity contribution in [1.29, 1.82) is 0 Å². The highest BCUT2D eigenvalue weighted by Gasteiger charge is 2.25. The van der Waals surface area contributed by atoms with Crippen molar-refractivity contribution in [2.24, 2.45) is 0 Å². The van der Waals surface area contributed by atoms with E-state index in [1.54, 1.807) is 6.92 Å². The second-order valence-electron chi connectivity index (χ2n) is 2.45. The first-order chi connectivity index (χ1) is 6.06. The van der Waals surface area contributed by atoms with Gasteiger partial charge in [-0.1, -0.05) is 0 Å². The van der Waals surface area contributed by atoms with Crippen LogP contribution >= 0.6 is 11.6 Å². The Hall–Kier alpha value is -1.36. The number of aryl methyl sites for hydroxylation is 1. The average molecular weight is 205 g/mol. The molecule has 0 unspecified atom stereocenters. The molecule has 0 spiro atoms. The Morgan fingerprint density at radius 1 is 1.69 bits per heavy atom. The minimum atomic E-state index is 0.0403. The fourth-order valence-electron chi connectivity index (χ4n) is 0.899. The van der Waals surface area contributed by atoms with E-state index in [2.05, 4.69) is 4.84 Å². The van der Waals surface area contributed by atoms with Gasteiger partial charge in [0.1, 0.15) is 6.07 Å². The SMILES string of the molecule is CO[N+](=O)c1cc(Cl)[n+](O)cc1C. The lowest BCUT2D eigenvalue weighted by Gasteiger charge is -1.92.